The first-order valence-corrected chi connectivity index (χ1v) is 7.62. The van der Waals surface area contributed by atoms with Crippen LogP contribution in [0.4, 0.5) is 5.00 Å². The molecule has 1 amide bonds. The third-order valence-corrected chi connectivity index (χ3v) is 4.83. The summed E-state index contributed by atoms with van der Waals surface area (Å²) in [5.74, 6) is 0.327. The number of nitriles is 1. The minimum Gasteiger partial charge on any atom is -0.311 e. The summed E-state index contributed by atoms with van der Waals surface area (Å²) >= 11 is 1.52. The molecule has 2 aromatic heterocycles. The Morgan fingerprint density at radius 2 is 2.43 bits per heavy atom. The quantitative estimate of drug-likeness (QED) is 0.924. The smallest absolute Gasteiger partial charge is 0.275 e. The van der Waals surface area contributed by atoms with E-state index in [4.69, 9.17) is 0 Å². The topological polar surface area (TPSA) is 78.7 Å². The van der Waals surface area contributed by atoms with E-state index in [1.807, 2.05) is 0 Å². The van der Waals surface area contributed by atoms with E-state index < -0.39 is 0 Å². The molecular weight excluding hydrogens is 284 g/mol. The highest BCUT2D eigenvalue weighted by Gasteiger charge is 2.24. The molecule has 0 saturated heterocycles. The summed E-state index contributed by atoms with van der Waals surface area (Å²) in [6, 6.07) is 3.79. The zero-order valence-corrected chi connectivity index (χ0v) is 12.4. The van der Waals surface area contributed by atoms with Gasteiger partial charge >= 0.3 is 0 Å². The van der Waals surface area contributed by atoms with Gasteiger partial charge in [0.05, 0.1) is 5.56 Å². The lowest BCUT2D eigenvalue weighted by molar-refractivity contribution is 0.102. The normalized spacial score (nSPS) is 16.9. The number of carbonyl (C=O) groups excluding carboxylic acids is 1. The molecule has 0 aliphatic heterocycles. The van der Waals surface area contributed by atoms with Gasteiger partial charge in [0, 0.05) is 11.1 Å². The Morgan fingerprint density at radius 1 is 1.57 bits per heavy atom. The summed E-state index contributed by atoms with van der Waals surface area (Å²) in [5.41, 5.74) is 2.02. The number of rotatable bonds is 2. The fraction of sp³-hybridized carbons (Fsp3) is 0.333. The Balaban J connectivity index is 1.90. The van der Waals surface area contributed by atoms with Crippen LogP contribution >= 0.6 is 11.3 Å². The van der Waals surface area contributed by atoms with Gasteiger partial charge in [0.15, 0.2) is 0 Å². The Labute approximate surface area is 126 Å². The van der Waals surface area contributed by atoms with Crippen LogP contribution in [-0.4, -0.2) is 15.9 Å². The van der Waals surface area contributed by atoms with Crippen molar-refractivity contribution in [3.63, 3.8) is 0 Å². The average Bonchev–Trinajstić information content (AvgIpc) is 2.84. The molecule has 2 heterocycles. The SMILES string of the molecule is CC1CCc2c(sc(NC(=O)c3ccncn3)c2C#N)C1. The highest BCUT2D eigenvalue weighted by atomic mass is 32.1. The van der Waals surface area contributed by atoms with Crippen molar-refractivity contribution >= 4 is 22.2 Å². The van der Waals surface area contributed by atoms with E-state index in [1.54, 1.807) is 6.07 Å². The molecule has 106 valence electrons. The molecule has 21 heavy (non-hydrogen) atoms. The molecule has 1 atom stereocenters. The number of aromatic nitrogens is 2. The van der Waals surface area contributed by atoms with Gasteiger partial charge in [0.1, 0.15) is 23.1 Å². The Bertz CT molecular complexity index is 717. The second-order valence-electron chi connectivity index (χ2n) is 5.22. The van der Waals surface area contributed by atoms with Crippen LogP contribution in [0, 0.1) is 17.2 Å². The number of anilines is 1. The molecule has 1 unspecified atom stereocenters. The standard InChI is InChI=1S/C15H14N4OS/c1-9-2-3-10-11(7-16)15(21-13(10)6-9)19-14(20)12-4-5-17-8-18-12/h4-5,8-9H,2-3,6H2,1H3,(H,19,20). The number of hydrogen-bond acceptors (Lipinski definition) is 5. The number of thiophene rings is 1. The molecule has 0 saturated carbocycles. The molecule has 5 nitrogen and oxygen atoms in total. The molecule has 3 rings (SSSR count). The number of fused-ring (bicyclic) bond motifs is 1. The third-order valence-electron chi connectivity index (χ3n) is 3.67. The fourth-order valence-corrected chi connectivity index (χ4v) is 3.91. The predicted molar refractivity (Wildman–Crippen MR) is 80.2 cm³/mol. The molecule has 0 spiro atoms. The van der Waals surface area contributed by atoms with Crippen LogP contribution in [0.15, 0.2) is 18.6 Å². The summed E-state index contributed by atoms with van der Waals surface area (Å²) in [5, 5.41) is 12.8. The molecular formula is C15H14N4OS. The first-order chi connectivity index (χ1) is 10.2. The maximum atomic E-state index is 12.2. The number of amides is 1. The molecule has 1 aliphatic rings. The largest absolute Gasteiger partial charge is 0.311 e. The van der Waals surface area contributed by atoms with E-state index in [-0.39, 0.29) is 5.91 Å². The first-order valence-electron chi connectivity index (χ1n) is 6.81. The van der Waals surface area contributed by atoms with Gasteiger partial charge in [-0.2, -0.15) is 5.26 Å². The maximum Gasteiger partial charge on any atom is 0.275 e. The van der Waals surface area contributed by atoms with Crippen molar-refractivity contribution in [1.29, 1.82) is 5.26 Å². The lowest BCUT2D eigenvalue weighted by atomic mass is 9.89. The zero-order valence-electron chi connectivity index (χ0n) is 11.6. The molecule has 0 bridgehead atoms. The third kappa shape index (κ3) is 2.65. The van der Waals surface area contributed by atoms with Gasteiger partial charge in [-0.05, 0) is 36.8 Å². The second-order valence-corrected chi connectivity index (χ2v) is 6.32. The summed E-state index contributed by atoms with van der Waals surface area (Å²) < 4.78 is 0. The molecule has 1 N–H and O–H groups in total. The van der Waals surface area contributed by atoms with Gasteiger partial charge in [0.25, 0.3) is 5.91 Å². The van der Waals surface area contributed by atoms with E-state index in [0.29, 0.717) is 22.2 Å². The summed E-state index contributed by atoms with van der Waals surface area (Å²) in [7, 11) is 0. The lowest BCUT2D eigenvalue weighted by Gasteiger charge is -2.17. The number of carbonyl (C=O) groups is 1. The van der Waals surface area contributed by atoms with Gasteiger partial charge in [-0.25, -0.2) is 9.97 Å². The number of nitrogens with zero attached hydrogens (tertiary/aromatic N) is 3. The van der Waals surface area contributed by atoms with Gasteiger partial charge < -0.3 is 5.32 Å². The van der Waals surface area contributed by atoms with E-state index in [0.717, 1.165) is 24.8 Å². The van der Waals surface area contributed by atoms with Crippen LogP contribution in [0.2, 0.25) is 0 Å². The Kier molecular flexibility index (Phi) is 3.67. The molecule has 2 aromatic rings. The fourth-order valence-electron chi connectivity index (χ4n) is 2.55. The summed E-state index contributed by atoms with van der Waals surface area (Å²) in [4.78, 5) is 21.1. The molecule has 0 fully saturated rings. The van der Waals surface area contributed by atoms with Crippen LogP contribution in [-0.2, 0) is 12.8 Å². The Morgan fingerprint density at radius 3 is 3.14 bits per heavy atom. The second kappa shape index (κ2) is 5.62. The van der Waals surface area contributed by atoms with Crippen LogP contribution < -0.4 is 5.32 Å². The van der Waals surface area contributed by atoms with Crippen molar-refractivity contribution < 1.29 is 4.79 Å². The van der Waals surface area contributed by atoms with Crippen molar-refractivity contribution in [1.82, 2.24) is 9.97 Å². The predicted octanol–water partition coefficient (Wildman–Crippen LogP) is 2.79. The Hall–Kier alpha value is -2.26. The minimum absolute atomic E-state index is 0.300. The summed E-state index contributed by atoms with van der Waals surface area (Å²) in [6.45, 7) is 2.22. The first kappa shape index (κ1) is 13.7. The molecule has 0 radical (unpaired) electrons. The van der Waals surface area contributed by atoms with Crippen LogP contribution in [0.25, 0.3) is 0 Å². The lowest BCUT2D eigenvalue weighted by Crippen LogP contribution is -2.13. The van der Waals surface area contributed by atoms with E-state index >= 15 is 0 Å². The van der Waals surface area contributed by atoms with Crippen molar-refractivity contribution in [2.75, 3.05) is 5.32 Å². The van der Waals surface area contributed by atoms with Crippen molar-refractivity contribution in [2.45, 2.75) is 26.2 Å². The molecule has 1 aliphatic carbocycles. The van der Waals surface area contributed by atoms with E-state index in [2.05, 4.69) is 28.3 Å². The summed E-state index contributed by atoms with van der Waals surface area (Å²) in [6.07, 6.45) is 5.85. The van der Waals surface area contributed by atoms with Gasteiger partial charge in [0.2, 0.25) is 0 Å². The van der Waals surface area contributed by atoms with Crippen LogP contribution in [0.1, 0.15) is 39.8 Å². The van der Waals surface area contributed by atoms with E-state index in [9.17, 15) is 10.1 Å². The van der Waals surface area contributed by atoms with Gasteiger partial charge in [-0.3, -0.25) is 4.79 Å². The van der Waals surface area contributed by atoms with Crippen LogP contribution in [0.5, 0.6) is 0 Å². The number of hydrogen-bond donors (Lipinski definition) is 1. The van der Waals surface area contributed by atoms with E-state index in [1.165, 1.54) is 28.7 Å². The van der Waals surface area contributed by atoms with Gasteiger partial charge in [-0.15, -0.1) is 11.3 Å². The van der Waals surface area contributed by atoms with Crippen molar-refractivity contribution in [2.24, 2.45) is 5.92 Å². The molecule has 6 heteroatoms. The van der Waals surface area contributed by atoms with Crippen molar-refractivity contribution in [3.8, 4) is 6.07 Å². The highest BCUT2D eigenvalue weighted by molar-refractivity contribution is 7.16. The highest BCUT2D eigenvalue weighted by Crippen LogP contribution is 2.39. The molecule has 0 aromatic carbocycles. The average molecular weight is 298 g/mol. The van der Waals surface area contributed by atoms with Crippen molar-refractivity contribution in [3.05, 3.63) is 40.3 Å². The zero-order chi connectivity index (χ0) is 14.8. The maximum absolute atomic E-state index is 12.2. The van der Waals surface area contributed by atoms with Gasteiger partial charge in [-0.1, -0.05) is 6.92 Å². The van der Waals surface area contributed by atoms with Crippen LogP contribution in [0.3, 0.4) is 0 Å². The minimum atomic E-state index is -0.305. The number of nitrogens with one attached hydrogen (secondary N) is 1. The monoisotopic (exact) mass is 298 g/mol.